The van der Waals surface area contributed by atoms with Gasteiger partial charge in [0.1, 0.15) is 0 Å². The van der Waals surface area contributed by atoms with Crippen molar-refractivity contribution in [1.82, 2.24) is 0 Å². The Hall–Kier alpha value is -0.870. The summed E-state index contributed by atoms with van der Waals surface area (Å²) in [7, 11) is 0. The minimum atomic E-state index is -0.855. The van der Waals surface area contributed by atoms with Gasteiger partial charge >= 0.3 is 5.97 Å². The predicted molar refractivity (Wildman–Crippen MR) is 66.9 cm³/mol. The van der Waals surface area contributed by atoms with Crippen molar-refractivity contribution in [2.45, 2.75) is 52.2 Å². The summed E-state index contributed by atoms with van der Waals surface area (Å²) in [5, 5.41) is 8.13. The zero-order chi connectivity index (χ0) is 13.1. The third-order valence-electron chi connectivity index (χ3n) is 2.17. The summed E-state index contributed by atoms with van der Waals surface area (Å²) >= 11 is 0. The molecule has 0 unspecified atom stereocenters. The van der Waals surface area contributed by atoms with Crippen LogP contribution >= 0.6 is 0 Å². The SMILES string of the molecule is CC1(C)OCCCO1.CCCCC=CC(=O)O. The number of allylic oxidation sites excluding steroid dienone is 1. The fraction of sp³-hybridized carbons (Fsp3) is 0.769. The second-order valence-corrected chi connectivity index (χ2v) is 4.33. The van der Waals surface area contributed by atoms with Crippen LogP contribution in [0.2, 0.25) is 0 Å². The normalized spacial score (nSPS) is 18.5. The van der Waals surface area contributed by atoms with Crippen LogP contribution < -0.4 is 0 Å². The van der Waals surface area contributed by atoms with Gasteiger partial charge in [0.2, 0.25) is 0 Å². The van der Waals surface area contributed by atoms with Crippen LogP contribution in [-0.2, 0) is 14.3 Å². The first-order valence-corrected chi connectivity index (χ1v) is 6.15. The summed E-state index contributed by atoms with van der Waals surface area (Å²) in [5.41, 5.74) is 0. The summed E-state index contributed by atoms with van der Waals surface area (Å²) in [6, 6.07) is 0. The van der Waals surface area contributed by atoms with Gasteiger partial charge in [-0.1, -0.05) is 25.8 Å². The van der Waals surface area contributed by atoms with E-state index in [9.17, 15) is 4.79 Å². The largest absolute Gasteiger partial charge is 0.478 e. The van der Waals surface area contributed by atoms with Crippen LogP contribution in [0.1, 0.15) is 46.5 Å². The van der Waals surface area contributed by atoms with E-state index < -0.39 is 5.97 Å². The average molecular weight is 244 g/mol. The maximum atomic E-state index is 9.88. The lowest BCUT2D eigenvalue weighted by Gasteiger charge is -2.29. The minimum Gasteiger partial charge on any atom is -0.478 e. The molecule has 0 amide bonds. The van der Waals surface area contributed by atoms with Crippen LogP contribution in [-0.4, -0.2) is 30.1 Å². The Morgan fingerprint density at radius 1 is 1.35 bits per heavy atom. The molecular formula is C13H24O4. The highest BCUT2D eigenvalue weighted by molar-refractivity contribution is 5.79. The summed E-state index contributed by atoms with van der Waals surface area (Å²) in [6.45, 7) is 7.63. The Bertz CT molecular complexity index is 226. The topological polar surface area (TPSA) is 55.8 Å². The highest BCUT2D eigenvalue weighted by Crippen LogP contribution is 2.15. The smallest absolute Gasteiger partial charge is 0.327 e. The van der Waals surface area contributed by atoms with Gasteiger partial charge in [-0.15, -0.1) is 0 Å². The molecule has 1 fully saturated rings. The molecule has 1 aliphatic heterocycles. The molecule has 0 radical (unpaired) electrons. The number of ether oxygens (including phenoxy) is 2. The second kappa shape index (κ2) is 9.19. The van der Waals surface area contributed by atoms with E-state index in [1.54, 1.807) is 6.08 Å². The highest BCUT2D eigenvalue weighted by Gasteiger charge is 2.21. The Morgan fingerprint density at radius 2 is 1.94 bits per heavy atom. The van der Waals surface area contributed by atoms with Crippen molar-refractivity contribution in [3.8, 4) is 0 Å². The van der Waals surface area contributed by atoms with Gasteiger partial charge in [0.05, 0.1) is 13.2 Å². The van der Waals surface area contributed by atoms with Gasteiger partial charge < -0.3 is 14.6 Å². The maximum absolute atomic E-state index is 9.88. The van der Waals surface area contributed by atoms with E-state index >= 15 is 0 Å². The van der Waals surface area contributed by atoms with Crippen molar-refractivity contribution >= 4 is 5.97 Å². The monoisotopic (exact) mass is 244 g/mol. The van der Waals surface area contributed by atoms with Crippen molar-refractivity contribution in [3.63, 3.8) is 0 Å². The average Bonchev–Trinajstić information content (AvgIpc) is 2.25. The number of aliphatic carboxylic acids is 1. The third kappa shape index (κ3) is 11.4. The molecule has 1 N–H and O–H groups in total. The van der Waals surface area contributed by atoms with Crippen molar-refractivity contribution < 1.29 is 19.4 Å². The first kappa shape index (κ1) is 16.1. The van der Waals surface area contributed by atoms with E-state index in [0.29, 0.717) is 0 Å². The number of rotatable bonds is 4. The van der Waals surface area contributed by atoms with Crippen LogP contribution in [0.3, 0.4) is 0 Å². The van der Waals surface area contributed by atoms with E-state index in [2.05, 4.69) is 6.92 Å². The van der Waals surface area contributed by atoms with E-state index in [1.165, 1.54) is 6.08 Å². The summed E-state index contributed by atoms with van der Waals surface area (Å²) in [6.07, 6.45) is 6.97. The van der Waals surface area contributed by atoms with Crippen molar-refractivity contribution in [1.29, 1.82) is 0 Å². The van der Waals surface area contributed by atoms with Gasteiger partial charge in [-0.25, -0.2) is 4.79 Å². The lowest BCUT2D eigenvalue weighted by Crippen LogP contribution is -2.33. The zero-order valence-electron chi connectivity index (χ0n) is 11.1. The Morgan fingerprint density at radius 3 is 2.29 bits per heavy atom. The van der Waals surface area contributed by atoms with Crippen molar-refractivity contribution in [3.05, 3.63) is 12.2 Å². The van der Waals surface area contributed by atoms with Gasteiger partial charge in [0.15, 0.2) is 5.79 Å². The number of carboxylic acids is 1. The Kier molecular flexibility index (Phi) is 8.72. The van der Waals surface area contributed by atoms with E-state index in [4.69, 9.17) is 14.6 Å². The number of carbonyl (C=O) groups is 1. The van der Waals surface area contributed by atoms with Crippen LogP contribution in [0.5, 0.6) is 0 Å². The first-order valence-electron chi connectivity index (χ1n) is 6.15. The number of hydrogen-bond acceptors (Lipinski definition) is 3. The molecule has 1 saturated heterocycles. The van der Waals surface area contributed by atoms with Gasteiger partial charge in [-0.3, -0.25) is 0 Å². The number of hydrogen-bond donors (Lipinski definition) is 1. The summed E-state index contributed by atoms with van der Waals surface area (Å²) in [5.74, 6) is -1.18. The summed E-state index contributed by atoms with van der Waals surface area (Å²) < 4.78 is 10.5. The highest BCUT2D eigenvalue weighted by atomic mass is 16.7. The van der Waals surface area contributed by atoms with E-state index in [-0.39, 0.29) is 5.79 Å². The molecule has 1 aliphatic rings. The van der Waals surface area contributed by atoms with Gasteiger partial charge in [-0.05, 0) is 26.7 Å². The molecule has 0 aromatic rings. The standard InChI is InChI=1S/C7H12O2.C6H12O2/c1-2-3-4-5-6-7(8)9;1-6(2)7-4-3-5-8-6/h5-6H,2-4H2,1H3,(H,8,9);3-5H2,1-2H3. The lowest BCUT2D eigenvalue weighted by molar-refractivity contribution is -0.244. The molecule has 0 aromatic carbocycles. The van der Waals surface area contributed by atoms with E-state index in [0.717, 1.165) is 38.9 Å². The molecule has 0 saturated carbocycles. The Balaban J connectivity index is 0.000000302. The van der Waals surface area contributed by atoms with Gasteiger partial charge in [-0.2, -0.15) is 0 Å². The molecule has 4 nitrogen and oxygen atoms in total. The molecule has 100 valence electrons. The molecule has 0 atom stereocenters. The molecule has 0 spiro atoms. The van der Waals surface area contributed by atoms with Crippen LogP contribution in [0.25, 0.3) is 0 Å². The third-order valence-corrected chi connectivity index (χ3v) is 2.17. The number of unbranched alkanes of at least 4 members (excludes halogenated alkanes) is 2. The molecule has 1 heterocycles. The van der Waals surface area contributed by atoms with Crippen molar-refractivity contribution in [2.75, 3.05) is 13.2 Å². The number of carboxylic acid groups (broad SMARTS) is 1. The molecule has 4 heteroatoms. The Labute approximate surface area is 104 Å². The van der Waals surface area contributed by atoms with Crippen LogP contribution in [0.15, 0.2) is 12.2 Å². The second-order valence-electron chi connectivity index (χ2n) is 4.33. The summed E-state index contributed by atoms with van der Waals surface area (Å²) in [4.78, 5) is 9.88. The van der Waals surface area contributed by atoms with Gasteiger partial charge in [0, 0.05) is 6.08 Å². The molecular weight excluding hydrogens is 220 g/mol. The van der Waals surface area contributed by atoms with Gasteiger partial charge in [0.25, 0.3) is 0 Å². The molecule has 0 aromatic heterocycles. The zero-order valence-corrected chi connectivity index (χ0v) is 11.1. The predicted octanol–water partition coefficient (Wildman–Crippen LogP) is 2.98. The fourth-order valence-corrected chi connectivity index (χ4v) is 1.24. The molecule has 0 aliphatic carbocycles. The quantitative estimate of drug-likeness (QED) is 0.610. The van der Waals surface area contributed by atoms with Crippen molar-refractivity contribution in [2.24, 2.45) is 0 Å². The lowest BCUT2D eigenvalue weighted by atomic mass is 10.2. The first-order chi connectivity index (χ1) is 7.98. The molecule has 17 heavy (non-hydrogen) atoms. The molecule has 0 bridgehead atoms. The fourth-order valence-electron chi connectivity index (χ4n) is 1.24. The van der Waals surface area contributed by atoms with E-state index in [1.807, 2.05) is 13.8 Å². The minimum absolute atomic E-state index is 0.321. The maximum Gasteiger partial charge on any atom is 0.327 e. The van der Waals surface area contributed by atoms with Crippen LogP contribution in [0.4, 0.5) is 0 Å². The van der Waals surface area contributed by atoms with Crippen LogP contribution in [0, 0.1) is 0 Å². The molecule has 1 rings (SSSR count).